The van der Waals surface area contributed by atoms with Gasteiger partial charge < -0.3 is 43.9 Å². The highest BCUT2D eigenvalue weighted by molar-refractivity contribution is 6.39. The molecule has 2 saturated heterocycles. The molecule has 0 radical (unpaired) electrons. The normalized spacial score (nSPS) is 39.7. The maximum absolute atomic E-state index is 14.3. The van der Waals surface area contributed by atoms with Crippen molar-refractivity contribution in [1.29, 1.82) is 0 Å². The molecule has 1 saturated carbocycles. The molecule has 4 rings (SSSR count). The summed E-state index contributed by atoms with van der Waals surface area (Å²) < 4.78 is 29.3. The summed E-state index contributed by atoms with van der Waals surface area (Å²) >= 11 is 0. The average molecular weight is 900 g/mol. The molecular weight excluding hydrogens is 823 g/mol. The fourth-order valence-electron chi connectivity index (χ4n) is 9.77. The molecule has 0 aromatic heterocycles. The Hall–Kier alpha value is -3.37. The summed E-state index contributed by atoms with van der Waals surface area (Å²) in [6, 6.07) is -1.14. The van der Waals surface area contributed by atoms with Gasteiger partial charge in [0, 0.05) is 58.5 Å². The highest BCUT2D eigenvalue weighted by atomic mass is 16.6. The number of ketones is 3. The number of methoxy groups -OCH3 is 3. The minimum atomic E-state index is -2.42. The molecule has 1 amide bonds. The number of cyclic esters (lactones) is 1. The summed E-state index contributed by atoms with van der Waals surface area (Å²) in [6.07, 6.45) is 11.8. The molecule has 14 atom stereocenters. The van der Waals surface area contributed by atoms with E-state index >= 15 is 0 Å². The van der Waals surface area contributed by atoms with Crippen LogP contribution >= 0.6 is 0 Å². The summed E-state index contributed by atoms with van der Waals surface area (Å²) in [7, 11) is 4.51. The molecule has 360 valence electrons. The van der Waals surface area contributed by atoms with Crippen LogP contribution in [0.3, 0.4) is 0 Å². The minimum Gasteiger partial charge on any atom is -0.460 e. The van der Waals surface area contributed by atoms with E-state index in [2.05, 4.69) is 0 Å². The van der Waals surface area contributed by atoms with Crippen molar-refractivity contribution in [3.05, 3.63) is 47.6 Å². The van der Waals surface area contributed by atoms with Crippen molar-refractivity contribution in [3.63, 3.8) is 0 Å². The molecule has 14 heteroatoms. The van der Waals surface area contributed by atoms with Crippen LogP contribution in [0, 0.1) is 29.6 Å². The Labute approximate surface area is 380 Å². The molecule has 3 heterocycles. The Kier molecular flexibility index (Phi) is 20.8. The van der Waals surface area contributed by atoms with Gasteiger partial charge in [0.2, 0.25) is 5.79 Å². The van der Waals surface area contributed by atoms with Gasteiger partial charge in [0.15, 0.2) is 5.78 Å². The SMILES string of the molecule is CO[C@H]1C[C@@H]2CC[C@@H](C)[C@@](O)(O2)C(=O)C(=O)N2CCCC[C@H]2C(=O)O[C@H]([C@H](C)C[C@@H]2CC[C@@H](O)[C@H](OC)C2)CC(=O)[C@H](C)/C=C(\C)[C@@H](O)[C@@H](OC)C(=O)[C@H](C)CC/C=C/C=C/C=C/1C. The third kappa shape index (κ3) is 13.8. The number of fused-ring (bicyclic) bond motifs is 3. The number of piperidine rings is 1. The number of esters is 1. The van der Waals surface area contributed by atoms with Gasteiger partial charge in [-0.05, 0) is 107 Å². The quantitative estimate of drug-likeness (QED) is 0.161. The van der Waals surface area contributed by atoms with Gasteiger partial charge in [-0.1, -0.05) is 64.2 Å². The fraction of sp³-hybridized carbons (Fsp3) is 0.740. The number of carbonyl (C=O) groups excluding carboxylic acids is 5. The molecule has 0 spiro atoms. The molecule has 3 aliphatic heterocycles. The molecule has 2 bridgehead atoms. The van der Waals surface area contributed by atoms with Gasteiger partial charge in [0.1, 0.15) is 30.1 Å². The summed E-state index contributed by atoms with van der Waals surface area (Å²) in [6.45, 7) is 10.7. The van der Waals surface area contributed by atoms with Crippen LogP contribution in [-0.2, 0) is 47.7 Å². The van der Waals surface area contributed by atoms with Gasteiger partial charge in [-0.15, -0.1) is 0 Å². The molecule has 0 unspecified atom stereocenters. The lowest BCUT2D eigenvalue weighted by atomic mass is 9.78. The standard InChI is InChI=1S/C50H77NO13/c1-30-17-13-11-10-12-14-18-31(2)44(54)46(62-9)45(55)34(5)25-32(3)40(53)29-42(33(4)26-36-21-23-39(52)43(27-36)61-8)63-49(58)38-19-15-16-24-51(38)48(57)47(56)50(59)35(6)20-22-37(64-50)28-41(30)60-7/h10-13,17,25,31-33,35-39,41-43,45-46,52,55,59H,14-16,18-24,26-29H2,1-9H3/b12-10+,13-11+,30-17+,34-25+/t31-,32-,33-,35-,36+,37+,38+,39-,41+,42+,43-,45-,46+,50-/m1/s1. The Morgan fingerprint density at radius 1 is 0.859 bits per heavy atom. The van der Waals surface area contributed by atoms with Crippen molar-refractivity contribution >= 4 is 29.2 Å². The van der Waals surface area contributed by atoms with Gasteiger partial charge >= 0.3 is 5.97 Å². The molecule has 14 nitrogen and oxygen atoms in total. The van der Waals surface area contributed by atoms with E-state index in [4.69, 9.17) is 23.7 Å². The van der Waals surface area contributed by atoms with Crippen molar-refractivity contribution in [2.75, 3.05) is 27.9 Å². The first kappa shape index (κ1) is 53.2. The highest BCUT2D eigenvalue weighted by Gasteiger charge is 2.53. The second-order valence-corrected chi connectivity index (χ2v) is 19.0. The maximum atomic E-state index is 14.3. The number of hydrogen-bond donors (Lipinski definition) is 3. The van der Waals surface area contributed by atoms with Gasteiger partial charge in [0.05, 0.1) is 24.4 Å². The lowest BCUT2D eigenvalue weighted by Gasteiger charge is -2.42. The number of hydrogen-bond acceptors (Lipinski definition) is 13. The van der Waals surface area contributed by atoms with Crippen molar-refractivity contribution in [2.24, 2.45) is 29.6 Å². The van der Waals surface area contributed by atoms with Crippen molar-refractivity contribution in [3.8, 4) is 0 Å². The highest BCUT2D eigenvalue weighted by Crippen LogP contribution is 2.37. The Morgan fingerprint density at radius 2 is 1.59 bits per heavy atom. The Balaban J connectivity index is 1.69. The number of rotatable bonds is 6. The zero-order chi connectivity index (χ0) is 47.3. The summed E-state index contributed by atoms with van der Waals surface area (Å²) in [5.41, 5.74) is 1.27. The van der Waals surface area contributed by atoms with Crippen molar-refractivity contribution in [1.82, 2.24) is 4.90 Å². The number of ether oxygens (including phenoxy) is 5. The van der Waals surface area contributed by atoms with E-state index in [0.29, 0.717) is 69.8 Å². The number of carbonyl (C=O) groups is 5. The lowest BCUT2D eigenvalue weighted by Crippen LogP contribution is -2.61. The van der Waals surface area contributed by atoms with Gasteiger partial charge in [-0.2, -0.15) is 0 Å². The van der Waals surface area contributed by atoms with Crippen molar-refractivity contribution in [2.45, 2.75) is 180 Å². The van der Waals surface area contributed by atoms with E-state index < -0.39 is 83.9 Å². The number of nitrogens with zero attached hydrogens (tertiary/aromatic N) is 1. The topological polar surface area (TPSA) is 195 Å². The summed E-state index contributed by atoms with van der Waals surface area (Å²) in [4.78, 5) is 71.5. The predicted molar refractivity (Wildman–Crippen MR) is 241 cm³/mol. The number of amides is 1. The number of aliphatic hydroxyl groups excluding tert-OH is 2. The molecule has 3 N–H and O–H groups in total. The van der Waals surface area contributed by atoms with Crippen LogP contribution in [0.25, 0.3) is 0 Å². The molecule has 3 fully saturated rings. The van der Waals surface area contributed by atoms with Crippen LogP contribution in [0.1, 0.15) is 125 Å². The third-order valence-electron chi connectivity index (χ3n) is 14.2. The average Bonchev–Trinajstić information content (AvgIpc) is 3.28. The van der Waals surface area contributed by atoms with E-state index in [9.17, 15) is 39.3 Å². The minimum absolute atomic E-state index is 0.0891. The van der Waals surface area contributed by atoms with E-state index in [1.165, 1.54) is 12.0 Å². The van der Waals surface area contributed by atoms with Crippen LogP contribution in [0.2, 0.25) is 0 Å². The van der Waals surface area contributed by atoms with Crippen LogP contribution < -0.4 is 0 Å². The van der Waals surface area contributed by atoms with Crippen LogP contribution in [0.15, 0.2) is 47.6 Å². The summed E-state index contributed by atoms with van der Waals surface area (Å²) in [5, 5.41) is 33.7. The van der Waals surface area contributed by atoms with Crippen LogP contribution in [-0.4, -0.2) is 132 Å². The third-order valence-corrected chi connectivity index (χ3v) is 14.2. The number of allylic oxidation sites excluding steroid dienone is 6. The molecule has 64 heavy (non-hydrogen) atoms. The second kappa shape index (κ2) is 25.0. The maximum Gasteiger partial charge on any atom is 0.329 e. The van der Waals surface area contributed by atoms with E-state index in [-0.39, 0.29) is 48.9 Å². The largest absolute Gasteiger partial charge is 0.460 e. The summed E-state index contributed by atoms with van der Waals surface area (Å²) in [5.74, 6) is -7.93. The predicted octanol–water partition coefficient (Wildman–Crippen LogP) is 5.93. The molecular formula is C50H77NO13. The van der Waals surface area contributed by atoms with Crippen LogP contribution in [0.4, 0.5) is 0 Å². The molecule has 4 aliphatic rings. The van der Waals surface area contributed by atoms with E-state index in [1.54, 1.807) is 48.0 Å². The van der Waals surface area contributed by atoms with Crippen molar-refractivity contribution < 1.29 is 63.0 Å². The number of Topliss-reactive ketones (excluding diaryl/α,β-unsaturated/α-hetero) is 3. The molecule has 0 aromatic rings. The van der Waals surface area contributed by atoms with Gasteiger partial charge in [-0.25, -0.2) is 4.79 Å². The molecule has 1 aliphatic carbocycles. The second-order valence-electron chi connectivity index (χ2n) is 19.0. The Bertz CT molecular complexity index is 1720. The smallest absolute Gasteiger partial charge is 0.329 e. The first-order valence-corrected chi connectivity index (χ1v) is 23.5. The van der Waals surface area contributed by atoms with E-state index in [0.717, 1.165) is 12.0 Å². The molecule has 0 aromatic carbocycles. The number of aliphatic hydroxyl groups is 3. The van der Waals surface area contributed by atoms with Gasteiger partial charge in [-0.3, -0.25) is 19.2 Å². The first-order chi connectivity index (χ1) is 30.4. The first-order valence-electron chi connectivity index (χ1n) is 23.5. The lowest BCUT2D eigenvalue weighted by molar-refractivity contribution is -0.265. The fourth-order valence-corrected chi connectivity index (χ4v) is 9.77. The monoisotopic (exact) mass is 900 g/mol. The van der Waals surface area contributed by atoms with E-state index in [1.807, 2.05) is 44.2 Å². The zero-order valence-corrected chi connectivity index (χ0v) is 39.7. The zero-order valence-electron chi connectivity index (χ0n) is 39.7. The van der Waals surface area contributed by atoms with Gasteiger partial charge in [0.25, 0.3) is 11.7 Å². The van der Waals surface area contributed by atoms with Crippen LogP contribution in [0.5, 0.6) is 0 Å². The Morgan fingerprint density at radius 3 is 2.28 bits per heavy atom.